The molecule has 0 spiro atoms. The molecule has 1 heterocycles. The van der Waals surface area contributed by atoms with E-state index in [2.05, 4.69) is 5.32 Å². The fourth-order valence-electron chi connectivity index (χ4n) is 4.14. The van der Waals surface area contributed by atoms with Gasteiger partial charge in [0.2, 0.25) is 15.9 Å². The Kier molecular flexibility index (Phi) is 5.61. The summed E-state index contributed by atoms with van der Waals surface area (Å²) in [6.07, 6.45) is 6.22. The Labute approximate surface area is 171 Å². The largest absolute Gasteiger partial charge is 0.490 e. The Morgan fingerprint density at radius 3 is 2.52 bits per heavy atom. The second kappa shape index (κ2) is 8.16. The minimum atomic E-state index is -3.53. The number of sulfonamides is 1. The first-order valence-electron chi connectivity index (χ1n) is 10.0. The van der Waals surface area contributed by atoms with E-state index in [-0.39, 0.29) is 18.6 Å². The Bertz CT molecular complexity index is 999. The number of amides is 1. The van der Waals surface area contributed by atoms with Crippen molar-refractivity contribution in [2.45, 2.75) is 50.8 Å². The minimum Gasteiger partial charge on any atom is -0.490 e. The SMILES string of the molecule is CS(=O)(=O)N1Cc2ccccc2C[C@@H]1C(=O)Nc1cccc(OC2CCCC2)c1. The summed E-state index contributed by atoms with van der Waals surface area (Å²) < 4.78 is 32.0. The number of nitrogens with one attached hydrogen (secondary N) is 1. The summed E-state index contributed by atoms with van der Waals surface area (Å²) in [5.74, 6) is 0.395. The fourth-order valence-corrected chi connectivity index (χ4v) is 5.15. The molecule has 1 saturated carbocycles. The van der Waals surface area contributed by atoms with Crippen LogP contribution in [0.3, 0.4) is 0 Å². The molecule has 6 nitrogen and oxygen atoms in total. The predicted octanol–water partition coefficient (Wildman–Crippen LogP) is 3.33. The second-order valence-corrected chi connectivity index (χ2v) is 9.77. The van der Waals surface area contributed by atoms with E-state index in [0.29, 0.717) is 12.1 Å². The molecule has 0 aromatic heterocycles. The normalized spacial score (nSPS) is 20.2. The van der Waals surface area contributed by atoms with Gasteiger partial charge in [0.25, 0.3) is 0 Å². The van der Waals surface area contributed by atoms with Gasteiger partial charge in [-0.05, 0) is 55.4 Å². The van der Waals surface area contributed by atoms with Crippen LogP contribution in [0.5, 0.6) is 5.75 Å². The lowest BCUT2D eigenvalue weighted by atomic mass is 9.95. The summed E-state index contributed by atoms with van der Waals surface area (Å²) in [5.41, 5.74) is 2.55. The van der Waals surface area contributed by atoms with Crippen LogP contribution in [0.15, 0.2) is 48.5 Å². The molecule has 1 aliphatic heterocycles. The highest BCUT2D eigenvalue weighted by Gasteiger charge is 2.36. The molecular weight excluding hydrogens is 388 g/mol. The third-order valence-electron chi connectivity index (χ3n) is 5.64. The van der Waals surface area contributed by atoms with Gasteiger partial charge in [0, 0.05) is 18.3 Å². The Morgan fingerprint density at radius 1 is 1.07 bits per heavy atom. The zero-order chi connectivity index (χ0) is 20.4. The van der Waals surface area contributed by atoms with E-state index in [4.69, 9.17) is 4.74 Å². The molecule has 1 fully saturated rings. The molecule has 1 aliphatic carbocycles. The molecule has 0 bridgehead atoms. The van der Waals surface area contributed by atoms with E-state index in [9.17, 15) is 13.2 Å². The molecule has 1 atom stereocenters. The number of rotatable bonds is 5. The van der Waals surface area contributed by atoms with Gasteiger partial charge >= 0.3 is 0 Å². The van der Waals surface area contributed by atoms with Crippen molar-refractivity contribution in [1.29, 1.82) is 0 Å². The number of carbonyl (C=O) groups is 1. The Balaban J connectivity index is 1.52. The zero-order valence-electron chi connectivity index (χ0n) is 16.5. The summed E-state index contributed by atoms with van der Waals surface area (Å²) in [7, 11) is -3.53. The van der Waals surface area contributed by atoms with E-state index in [1.165, 1.54) is 17.1 Å². The van der Waals surface area contributed by atoms with Crippen molar-refractivity contribution in [2.24, 2.45) is 0 Å². The van der Waals surface area contributed by atoms with Gasteiger partial charge in [-0.1, -0.05) is 30.3 Å². The van der Waals surface area contributed by atoms with Gasteiger partial charge < -0.3 is 10.1 Å². The van der Waals surface area contributed by atoms with Gasteiger partial charge in [0.15, 0.2) is 0 Å². The maximum Gasteiger partial charge on any atom is 0.243 e. The minimum absolute atomic E-state index is 0.206. The standard InChI is InChI=1S/C22H26N2O4S/c1-29(26,27)24-15-17-8-3-2-7-16(17)13-21(24)22(25)23-18-9-6-12-20(14-18)28-19-10-4-5-11-19/h2-3,6-9,12,14,19,21H,4-5,10-11,13,15H2,1H3,(H,23,25)/t21-/m1/s1. The molecule has 2 aromatic rings. The molecule has 29 heavy (non-hydrogen) atoms. The van der Waals surface area contributed by atoms with Crippen LogP contribution in [-0.2, 0) is 27.8 Å². The molecule has 1 amide bonds. The van der Waals surface area contributed by atoms with Crippen LogP contribution in [0.2, 0.25) is 0 Å². The highest BCUT2D eigenvalue weighted by molar-refractivity contribution is 7.88. The van der Waals surface area contributed by atoms with E-state index < -0.39 is 16.1 Å². The van der Waals surface area contributed by atoms with Crippen LogP contribution in [0.1, 0.15) is 36.8 Å². The molecular formula is C22H26N2O4S. The number of hydrogen-bond donors (Lipinski definition) is 1. The first kappa shape index (κ1) is 19.9. The van der Waals surface area contributed by atoms with Crippen LogP contribution < -0.4 is 10.1 Å². The second-order valence-electron chi connectivity index (χ2n) is 7.84. The summed E-state index contributed by atoms with van der Waals surface area (Å²) in [6.45, 7) is 0.206. The molecule has 7 heteroatoms. The molecule has 2 aromatic carbocycles. The molecule has 2 aliphatic rings. The highest BCUT2D eigenvalue weighted by Crippen LogP contribution is 2.28. The number of benzene rings is 2. The van der Waals surface area contributed by atoms with Crippen molar-refractivity contribution >= 4 is 21.6 Å². The molecule has 0 unspecified atom stereocenters. The average molecular weight is 415 g/mol. The van der Waals surface area contributed by atoms with E-state index >= 15 is 0 Å². The predicted molar refractivity (Wildman–Crippen MR) is 112 cm³/mol. The van der Waals surface area contributed by atoms with Gasteiger partial charge in [-0.2, -0.15) is 4.31 Å². The number of carbonyl (C=O) groups excluding carboxylic acids is 1. The maximum atomic E-state index is 13.0. The molecule has 4 rings (SSSR count). The number of hydrogen-bond acceptors (Lipinski definition) is 4. The van der Waals surface area contributed by atoms with Gasteiger partial charge in [-0.3, -0.25) is 4.79 Å². The summed E-state index contributed by atoms with van der Waals surface area (Å²) in [6, 6.07) is 14.2. The van der Waals surface area contributed by atoms with Gasteiger partial charge in [-0.15, -0.1) is 0 Å². The molecule has 0 radical (unpaired) electrons. The fraction of sp³-hybridized carbons (Fsp3) is 0.409. The van der Waals surface area contributed by atoms with Gasteiger partial charge in [0.05, 0.1) is 12.4 Å². The summed E-state index contributed by atoms with van der Waals surface area (Å²) in [4.78, 5) is 13.0. The summed E-state index contributed by atoms with van der Waals surface area (Å²) >= 11 is 0. The van der Waals surface area contributed by atoms with E-state index in [1.807, 2.05) is 36.4 Å². The third-order valence-corrected chi connectivity index (χ3v) is 6.88. The van der Waals surface area contributed by atoms with Gasteiger partial charge in [-0.25, -0.2) is 8.42 Å². The van der Waals surface area contributed by atoms with Crippen molar-refractivity contribution in [2.75, 3.05) is 11.6 Å². The van der Waals surface area contributed by atoms with E-state index in [1.54, 1.807) is 12.1 Å². The van der Waals surface area contributed by atoms with Crippen LogP contribution in [0, 0.1) is 0 Å². The first-order chi connectivity index (χ1) is 13.9. The van der Waals surface area contributed by atoms with Gasteiger partial charge in [0.1, 0.15) is 11.8 Å². The molecule has 0 saturated heterocycles. The van der Waals surface area contributed by atoms with Crippen molar-refractivity contribution in [3.8, 4) is 5.75 Å². The Morgan fingerprint density at radius 2 is 1.79 bits per heavy atom. The first-order valence-corrected chi connectivity index (χ1v) is 11.9. The summed E-state index contributed by atoms with van der Waals surface area (Å²) in [5, 5.41) is 2.88. The quantitative estimate of drug-likeness (QED) is 0.814. The van der Waals surface area contributed by atoms with E-state index in [0.717, 1.165) is 36.0 Å². The topological polar surface area (TPSA) is 75.7 Å². The smallest absolute Gasteiger partial charge is 0.243 e. The van der Waals surface area contributed by atoms with Crippen LogP contribution in [0.4, 0.5) is 5.69 Å². The van der Waals surface area contributed by atoms with Crippen LogP contribution >= 0.6 is 0 Å². The van der Waals surface area contributed by atoms with Crippen molar-refractivity contribution in [3.05, 3.63) is 59.7 Å². The van der Waals surface area contributed by atoms with Crippen molar-refractivity contribution < 1.29 is 17.9 Å². The monoisotopic (exact) mass is 414 g/mol. The zero-order valence-corrected chi connectivity index (χ0v) is 17.3. The van der Waals surface area contributed by atoms with Crippen LogP contribution in [-0.4, -0.2) is 37.0 Å². The highest BCUT2D eigenvalue weighted by atomic mass is 32.2. The lowest BCUT2D eigenvalue weighted by Gasteiger charge is -2.34. The van der Waals surface area contributed by atoms with Crippen molar-refractivity contribution in [3.63, 3.8) is 0 Å². The Hall–Kier alpha value is -2.38. The number of ether oxygens (including phenoxy) is 1. The molecule has 154 valence electrons. The lowest BCUT2D eigenvalue weighted by molar-refractivity contribution is -0.120. The van der Waals surface area contributed by atoms with Crippen LogP contribution in [0.25, 0.3) is 0 Å². The lowest BCUT2D eigenvalue weighted by Crippen LogP contribution is -2.50. The molecule has 1 N–H and O–H groups in total. The third kappa shape index (κ3) is 4.62. The van der Waals surface area contributed by atoms with Crippen molar-refractivity contribution in [1.82, 2.24) is 4.31 Å². The number of anilines is 1. The number of nitrogens with zero attached hydrogens (tertiary/aromatic N) is 1. The maximum absolute atomic E-state index is 13.0. The average Bonchev–Trinajstić information content (AvgIpc) is 3.19. The number of fused-ring (bicyclic) bond motifs is 1.